The Labute approximate surface area is 164 Å². The third-order valence-electron chi connectivity index (χ3n) is 4.25. The second kappa shape index (κ2) is 8.27. The molecule has 0 aromatic heterocycles. The first-order valence-electron chi connectivity index (χ1n) is 8.87. The zero-order valence-corrected chi connectivity index (χ0v) is 16.4. The van der Waals surface area contributed by atoms with E-state index in [0.29, 0.717) is 11.3 Å². The quantitative estimate of drug-likeness (QED) is 0.439. The number of hydrogen-bond donors (Lipinski definition) is 0. The molecule has 3 aromatic carbocycles. The summed E-state index contributed by atoms with van der Waals surface area (Å²) in [7, 11) is -3.85. The Kier molecular flexibility index (Phi) is 5.80. The predicted octanol–water partition coefficient (Wildman–Crippen LogP) is 4.40. The lowest BCUT2D eigenvalue weighted by Crippen LogP contribution is -2.31. The van der Waals surface area contributed by atoms with Crippen molar-refractivity contribution in [3.63, 3.8) is 0 Å². The molecule has 0 aliphatic rings. The molecule has 0 spiro atoms. The normalized spacial score (nSPS) is 11.2. The van der Waals surface area contributed by atoms with E-state index in [2.05, 4.69) is 6.58 Å². The largest absolute Gasteiger partial charge is 0.462 e. The first-order valence-corrected chi connectivity index (χ1v) is 10.3. The van der Waals surface area contributed by atoms with Crippen LogP contribution in [-0.4, -0.2) is 27.5 Å². The van der Waals surface area contributed by atoms with Crippen molar-refractivity contribution in [2.24, 2.45) is 0 Å². The second-order valence-corrected chi connectivity index (χ2v) is 7.97. The van der Waals surface area contributed by atoms with Gasteiger partial charge in [0.1, 0.15) is 0 Å². The SMILES string of the molecule is C=CCN(c1cccc(C(=O)OCC)c1)S(=O)(=O)c1ccc2ccccc2c1. The number of fused-ring (bicyclic) bond motifs is 1. The molecule has 6 heteroatoms. The Bertz CT molecular complexity index is 1120. The van der Waals surface area contributed by atoms with Crippen LogP contribution in [-0.2, 0) is 14.8 Å². The summed E-state index contributed by atoms with van der Waals surface area (Å²) in [6.07, 6.45) is 1.51. The first kappa shape index (κ1) is 19.6. The van der Waals surface area contributed by atoms with E-state index < -0.39 is 16.0 Å². The molecule has 3 rings (SSSR count). The summed E-state index contributed by atoms with van der Waals surface area (Å²) in [5.74, 6) is -0.494. The van der Waals surface area contributed by atoms with Crippen molar-refractivity contribution >= 4 is 32.5 Å². The van der Waals surface area contributed by atoms with Gasteiger partial charge >= 0.3 is 5.97 Å². The monoisotopic (exact) mass is 395 g/mol. The van der Waals surface area contributed by atoms with Crippen LogP contribution < -0.4 is 4.31 Å². The highest BCUT2D eigenvalue weighted by atomic mass is 32.2. The summed E-state index contributed by atoms with van der Waals surface area (Å²) in [4.78, 5) is 12.2. The Morgan fingerprint density at radius 1 is 1.04 bits per heavy atom. The highest BCUT2D eigenvalue weighted by Crippen LogP contribution is 2.27. The van der Waals surface area contributed by atoms with Crippen LogP contribution >= 0.6 is 0 Å². The minimum Gasteiger partial charge on any atom is -0.462 e. The molecule has 5 nitrogen and oxygen atoms in total. The molecule has 0 aliphatic heterocycles. The highest BCUT2D eigenvalue weighted by Gasteiger charge is 2.25. The van der Waals surface area contributed by atoms with Gasteiger partial charge in [-0.15, -0.1) is 6.58 Å². The lowest BCUT2D eigenvalue weighted by atomic mass is 10.1. The van der Waals surface area contributed by atoms with Crippen LogP contribution in [0.15, 0.2) is 84.3 Å². The number of benzene rings is 3. The van der Waals surface area contributed by atoms with Crippen molar-refractivity contribution in [2.75, 3.05) is 17.5 Å². The van der Waals surface area contributed by atoms with Crippen LogP contribution in [0, 0.1) is 0 Å². The predicted molar refractivity (Wildman–Crippen MR) is 111 cm³/mol. The molecule has 0 fully saturated rings. The lowest BCUT2D eigenvalue weighted by Gasteiger charge is -2.23. The van der Waals surface area contributed by atoms with Crippen molar-refractivity contribution in [3.8, 4) is 0 Å². The van der Waals surface area contributed by atoms with Gasteiger partial charge in [0.25, 0.3) is 10.0 Å². The zero-order chi connectivity index (χ0) is 20.1. The molecule has 0 atom stereocenters. The molecule has 0 bridgehead atoms. The van der Waals surface area contributed by atoms with Crippen LogP contribution in [0.5, 0.6) is 0 Å². The van der Waals surface area contributed by atoms with Gasteiger partial charge in [0.15, 0.2) is 0 Å². The van der Waals surface area contributed by atoms with E-state index in [1.807, 2.05) is 24.3 Å². The molecular formula is C22H21NO4S. The molecule has 0 radical (unpaired) electrons. The Balaban J connectivity index is 2.06. The van der Waals surface area contributed by atoms with Crippen molar-refractivity contribution in [1.29, 1.82) is 0 Å². The number of sulfonamides is 1. The summed E-state index contributed by atoms with van der Waals surface area (Å²) >= 11 is 0. The van der Waals surface area contributed by atoms with Gasteiger partial charge in [-0.25, -0.2) is 13.2 Å². The maximum absolute atomic E-state index is 13.3. The molecule has 28 heavy (non-hydrogen) atoms. The van der Waals surface area contributed by atoms with E-state index in [-0.39, 0.29) is 18.0 Å². The second-order valence-electron chi connectivity index (χ2n) is 6.10. The summed E-state index contributed by atoms with van der Waals surface area (Å²) in [6.45, 7) is 5.71. The van der Waals surface area contributed by atoms with E-state index in [9.17, 15) is 13.2 Å². The number of esters is 1. The van der Waals surface area contributed by atoms with Crippen LogP contribution in [0.4, 0.5) is 5.69 Å². The molecule has 3 aromatic rings. The topological polar surface area (TPSA) is 63.7 Å². The minimum atomic E-state index is -3.85. The minimum absolute atomic E-state index is 0.0709. The van der Waals surface area contributed by atoms with Gasteiger partial charge in [-0.2, -0.15) is 0 Å². The van der Waals surface area contributed by atoms with Gasteiger partial charge in [-0.05, 0) is 48.0 Å². The average Bonchev–Trinajstić information content (AvgIpc) is 2.71. The average molecular weight is 395 g/mol. The molecule has 0 saturated heterocycles. The number of rotatable bonds is 7. The summed E-state index contributed by atoms with van der Waals surface area (Å²) in [5, 5.41) is 1.79. The van der Waals surface area contributed by atoms with Crippen LogP contribution in [0.1, 0.15) is 17.3 Å². The third-order valence-corrected chi connectivity index (χ3v) is 6.04. The summed E-state index contributed by atoms with van der Waals surface area (Å²) in [5.41, 5.74) is 0.667. The van der Waals surface area contributed by atoms with Gasteiger partial charge in [0, 0.05) is 0 Å². The summed E-state index contributed by atoms with van der Waals surface area (Å²) in [6, 6.07) is 19.0. The Morgan fingerprint density at radius 2 is 1.79 bits per heavy atom. The molecule has 0 saturated carbocycles. The standard InChI is InChI=1S/C22H21NO4S/c1-3-14-23(20-11-7-10-19(15-20)22(24)27-4-2)28(25,26)21-13-12-17-8-5-6-9-18(17)16-21/h3,5-13,15-16H,1,4,14H2,2H3. The smallest absolute Gasteiger partial charge is 0.338 e. The van der Waals surface area contributed by atoms with Crippen LogP contribution in [0.25, 0.3) is 10.8 Å². The van der Waals surface area contributed by atoms with Crippen molar-refractivity contribution in [3.05, 3.63) is 84.9 Å². The summed E-state index contributed by atoms with van der Waals surface area (Å²) < 4.78 is 32.9. The van der Waals surface area contributed by atoms with E-state index in [1.54, 1.807) is 43.3 Å². The number of ether oxygens (including phenoxy) is 1. The van der Waals surface area contributed by atoms with Crippen molar-refractivity contribution < 1.29 is 17.9 Å². The number of anilines is 1. The van der Waals surface area contributed by atoms with E-state index in [1.165, 1.54) is 16.4 Å². The van der Waals surface area contributed by atoms with Gasteiger partial charge in [-0.1, -0.05) is 42.5 Å². The first-order chi connectivity index (χ1) is 13.5. The maximum atomic E-state index is 13.3. The fourth-order valence-electron chi connectivity index (χ4n) is 2.92. The van der Waals surface area contributed by atoms with Crippen molar-refractivity contribution in [2.45, 2.75) is 11.8 Å². The number of carbonyl (C=O) groups is 1. The van der Waals surface area contributed by atoms with Gasteiger partial charge < -0.3 is 4.74 Å². The molecular weight excluding hydrogens is 374 g/mol. The molecule has 0 N–H and O–H groups in total. The van der Waals surface area contributed by atoms with Gasteiger partial charge in [0.05, 0.1) is 29.3 Å². The lowest BCUT2D eigenvalue weighted by molar-refractivity contribution is 0.0526. The Hall–Kier alpha value is -3.12. The van der Waals surface area contributed by atoms with E-state index >= 15 is 0 Å². The van der Waals surface area contributed by atoms with Gasteiger partial charge in [-0.3, -0.25) is 4.31 Å². The molecule has 0 aliphatic carbocycles. The van der Waals surface area contributed by atoms with E-state index in [0.717, 1.165) is 10.8 Å². The fraction of sp³-hybridized carbons (Fsp3) is 0.136. The molecule has 0 heterocycles. The van der Waals surface area contributed by atoms with E-state index in [4.69, 9.17) is 4.74 Å². The Morgan fingerprint density at radius 3 is 2.50 bits per heavy atom. The van der Waals surface area contributed by atoms with Crippen LogP contribution in [0.2, 0.25) is 0 Å². The molecule has 0 unspecified atom stereocenters. The third kappa shape index (κ3) is 3.92. The number of hydrogen-bond acceptors (Lipinski definition) is 4. The number of carbonyl (C=O) groups excluding carboxylic acids is 1. The maximum Gasteiger partial charge on any atom is 0.338 e. The molecule has 144 valence electrons. The fourth-order valence-corrected chi connectivity index (χ4v) is 4.38. The molecule has 0 amide bonds. The van der Waals surface area contributed by atoms with Gasteiger partial charge in [0.2, 0.25) is 0 Å². The highest BCUT2D eigenvalue weighted by molar-refractivity contribution is 7.92. The van der Waals surface area contributed by atoms with Crippen molar-refractivity contribution in [1.82, 2.24) is 0 Å². The van der Waals surface area contributed by atoms with Crippen LogP contribution in [0.3, 0.4) is 0 Å². The zero-order valence-electron chi connectivity index (χ0n) is 15.5. The number of nitrogens with zero attached hydrogens (tertiary/aromatic N) is 1.